The van der Waals surface area contributed by atoms with Gasteiger partial charge in [-0.2, -0.15) is 0 Å². The van der Waals surface area contributed by atoms with Gasteiger partial charge in [-0.3, -0.25) is 0 Å². The summed E-state index contributed by atoms with van der Waals surface area (Å²) in [6.07, 6.45) is -12.4. The third-order valence-corrected chi connectivity index (χ3v) is 3.75. The summed E-state index contributed by atoms with van der Waals surface area (Å²) in [5.41, 5.74) is 0. The molecule has 129 valence electrons. The van der Waals surface area contributed by atoms with E-state index in [0.717, 1.165) is 6.61 Å². The van der Waals surface area contributed by atoms with Gasteiger partial charge >= 0.3 is 0 Å². The molecule has 10 heteroatoms. The molecule has 0 amide bonds. The average Bonchev–Trinajstić information content (AvgIpc) is 2.51. The Balaban J connectivity index is 1.90. The van der Waals surface area contributed by atoms with E-state index >= 15 is 0 Å². The van der Waals surface area contributed by atoms with Crippen molar-refractivity contribution in [2.45, 2.75) is 55.1 Å². The predicted molar refractivity (Wildman–Crippen MR) is 66.9 cm³/mol. The lowest BCUT2D eigenvalue weighted by Crippen LogP contribution is -2.60. The molecule has 0 unspecified atom stereocenters. The van der Waals surface area contributed by atoms with Crippen LogP contribution in [0.4, 0.5) is 0 Å². The van der Waals surface area contributed by atoms with Crippen LogP contribution in [0.1, 0.15) is 0 Å². The van der Waals surface area contributed by atoms with Crippen LogP contribution in [0.5, 0.6) is 0 Å². The quantitative estimate of drug-likeness (QED) is 0.267. The van der Waals surface area contributed by atoms with E-state index in [9.17, 15) is 30.6 Å². The first-order valence-corrected chi connectivity index (χ1v) is 6.82. The van der Waals surface area contributed by atoms with E-state index in [2.05, 4.69) is 0 Å². The molecule has 1 radical (unpaired) electrons. The van der Waals surface area contributed by atoms with Gasteiger partial charge in [-0.15, -0.1) is 0 Å². The maximum Gasteiger partial charge on any atom is 0.186 e. The first-order valence-electron chi connectivity index (χ1n) is 6.82. The van der Waals surface area contributed by atoms with Gasteiger partial charge in [0.1, 0.15) is 55.4 Å². The van der Waals surface area contributed by atoms with Crippen LogP contribution >= 0.6 is 0 Å². The number of hydrogen-bond acceptors (Lipinski definition) is 10. The van der Waals surface area contributed by atoms with Gasteiger partial charge in [-0.25, -0.2) is 0 Å². The Morgan fingerprint density at radius 2 is 1.45 bits per heavy atom. The van der Waals surface area contributed by atoms with Gasteiger partial charge in [0.25, 0.3) is 0 Å². The maximum atomic E-state index is 9.77. The van der Waals surface area contributed by atoms with Crippen molar-refractivity contribution >= 4 is 0 Å². The fraction of sp³-hybridized carbons (Fsp3) is 0.917. The van der Waals surface area contributed by atoms with Gasteiger partial charge in [-0.1, -0.05) is 0 Å². The van der Waals surface area contributed by atoms with E-state index in [1.54, 1.807) is 0 Å². The van der Waals surface area contributed by atoms with Crippen molar-refractivity contribution in [1.29, 1.82) is 0 Å². The van der Waals surface area contributed by atoms with E-state index in [-0.39, 0.29) is 6.61 Å². The lowest BCUT2D eigenvalue weighted by Gasteiger charge is -2.41. The first kappa shape index (κ1) is 17.9. The maximum absolute atomic E-state index is 9.77. The van der Waals surface area contributed by atoms with Crippen molar-refractivity contribution in [1.82, 2.24) is 0 Å². The lowest BCUT2D eigenvalue weighted by atomic mass is 9.99. The van der Waals surface area contributed by atoms with Gasteiger partial charge in [0, 0.05) is 0 Å². The van der Waals surface area contributed by atoms with Gasteiger partial charge in [-0.05, 0) is 0 Å². The normalized spacial score (nSPS) is 50.0. The standard InChI is InChI=1S/C12H21O10/c13-1-5-8(16)10(18)11(19)12(22-5)21-3-6-9(17)7(15)4(14)2-20-6/h2,4-19H,1,3H2/t4-,5+,6+,7+,8+,9+,10-,11+,12+/m0/s1. The van der Waals surface area contributed by atoms with Gasteiger partial charge in [0.05, 0.1) is 13.2 Å². The average molecular weight is 325 g/mol. The highest BCUT2D eigenvalue weighted by molar-refractivity contribution is 4.93. The predicted octanol–water partition coefficient (Wildman–Crippen LogP) is -4.55. The van der Waals surface area contributed by atoms with Crippen LogP contribution in [-0.2, 0) is 14.2 Å². The summed E-state index contributed by atoms with van der Waals surface area (Å²) in [6.45, 7) is 0.0227. The van der Waals surface area contributed by atoms with Crippen LogP contribution in [-0.4, -0.2) is 104 Å². The fourth-order valence-electron chi connectivity index (χ4n) is 2.30. The molecular formula is C12H21O10. The zero-order valence-corrected chi connectivity index (χ0v) is 11.5. The summed E-state index contributed by atoms with van der Waals surface area (Å²) < 4.78 is 15.3. The van der Waals surface area contributed by atoms with Crippen molar-refractivity contribution in [3.05, 3.63) is 6.61 Å². The molecule has 0 saturated carbocycles. The van der Waals surface area contributed by atoms with E-state index in [4.69, 9.17) is 19.3 Å². The highest BCUT2D eigenvalue weighted by atomic mass is 16.7. The summed E-state index contributed by atoms with van der Waals surface area (Å²) in [6, 6.07) is 0. The largest absolute Gasteiger partial charge is 0.394 e. The van der Waals surface area contributed by atoms with E-state index in [1.807, 2.05) is 0 Å². The topological polar surface area (TPSA) is 169 Å². The number of aliphatic hydroxyl groups excluding tert-OH is 7. The monoisotopic (exact) mass is 325 g/mol. The molecule has 7 N–H and O–H groups in total. The summed E-state index contributed by atoms with van der Waals surface area (Å²) >= 11 is 0. The van der Waals surface area contributed by atoms with Crippen LogP contribution in [0.25, 0.3) is 0 Å². The minimum atomic E-state index is -1.58. The minimum absolute atomic E-state index is 0.329. The molecule has 0 aliphatic carbocycles. The summed E-state index contributed by atoms with van der Waals surface area (Å²) in [4.78, 5) is 0. The van der Waals surface area contributed by atoms with Crippen LogP contribution < -0.4 is 0 Å². The third-order valence-electron chi connectivity index (χ3n) is 3.75. The molecule has 0 aromatic heterocycles. The Kier molecular flexibility index (Phi) is 6.07. The molecule has 10 nitrogen and oxygen atoms in total. The molecular weight excluding hydrogens is 304 g/mol. The molecule has 2 heterocycles. The summed E-state index contributed by atoms with van der Waals surface area (Å²) in [5.74, 6) is 0. The molecule has 2 rings (SSSR count). The zero-order chi connectivity index (χ0) is 16.4. The molecule has 0 aromatic carbocycles. The fourth-order valence-corrected chi connectivity index (χ4v) is 2.30. The summed E-state index contributed by atoms with van der Waals surface area (Å²) in [7, 11) is 0. The molecule has 2 fully saturated rings. The van der Waals surface area contributed by atoms with Crippen molar-refractivity contribution < 1.29 is 50.0 Å². The highest BCUT2D eigenvalue weighted by Crippen LogP contribution is 2.24. The number of ether oxygens (including phenoxy) is 3. The van der Waals surface area contributed by atoms with Crippen molar-refractivity contribution in [2.24, 2.45) is 0 Å². The second kappa shape index (κ2) is 7.45. The second-order valence-corrected chi connectivity index (χ2v) is 5.31. The Morgan fingerprint density at radius 3 is 2.09 bits per heavy atom. The number of rotatable bonds is 4. The third kappa shape index (κ3) is 3.57. The van der Waals surface area contributed by atoms with Crippen molar-refractivity contribution in [3.63, 3.8) is 0 Å². The van der Waals surface area contributed by atoms with Crippen molar-refractivity contribution in [2.75, 3.05) is 13.2 Å². The molecule has 2 aliphatic rings. The molecule has 22 heavy (non-hydrogen) atoms. The van der Waals surface area contributed by atoms with Gasteiger partial charge in [0.15, 0.2) is 6.29 Å². The molecule has 0 aromatic rings. The van der Waals surface area contributed by atoms with E-state index in [0.29, 0.717) is 0 Å². The lowest BCUT2D eigenvalue weighted by molar-refractivity contribution is -0.309. The van der Waals surface area contributed by atoms with E-state index in [1.165, 1.54) is 0 Å². The Labute approximate surface area is 126 Å². The Bertz CT molecular complexity index is 353. The van der Waals surface area contributed by atoms with Crippen LogP contribution in [0.15, 0.2) is 0 Å². The number of aliphatic hydroxyl groups is 7. The molecule has 2 aliphatic heterocycles. The van der Waals surface area contributed by atoms with Gasteiger partial charge in [0.2, 0.25) is 0 Å². The Morgan fingerprint density at radius 1 is 0.818 bits per heavy atom. The van der Waals surface area contributed by atoms with Crippen molar-refractivity contribution in [3.8, 4) is 0 Å². The number of hydrogen-bond donors (Lipinski definition) is 7. The van der Waals surface area contributed by atoms with Gasteiger partial charge < -0.3 is 50.0 Å². The molecule has 0 spiro atoms. The minimum Gasteiger partial charge on any atom is -0.394 e. The summed E-state index contributed by atoms with van der Waals surface area (Å²) in [5, 5.41) is 66.5. The molecule has 0 bridgehead atoms. The van der Waals surface area contributed by atoms with Crippen LogP contribution in [0.2, 0.25) is 0 Å². The zero-order valence-electron chi connectivity index (χ0n) is 11.5. The molecule has 2 saturated heterocycles. The first-order chi connectivity index (χ1) is 10.4. The smallest absolute Gasteiger partial charge is 0.186 e. The SMILES string of the molecule is OC[C@H]1O[C@@H](OC[C@H]2O[CH][C@H](O)[C@@H](O)[C@@H]2O)[C@H](O)[C@@H](O)[C@@H]1O. The van der Waals surface area contributed by atoms with E-state index < -0.39 is 61.7 Å². The second-order valence-electron chi connectivity index (χ2n) is 5.31. The van der Waals surface area contributed by atoms with Crippen LogP contribution in [0.3, 0.4) is 0 Å². The highest BCUT2D eigenvalue weighted by Gasteiger charge is 2.45. The Hall–Kier alpha value is -0.400. The molecule has 9 atom stereocenters. The van der Waals surface area contributed by atoms with Crippen LogP contribution in [0, 0.1) is 6.61 Å².